The smallest absolute Gasteiger partial charge is 0.140 e. The first-order valence-electron chi connectivity index (χ1n) is 5.48. The molecule has 0 aromatic heterocycles. The van der Waals surface area contributed by atoms with Crippen molar-refractivity contribution in [2.24, 2.45) is 10.9 Å². The highest BCUT2D eigenvalue weighted by Crippen LogP contribution is 2.16. The fourth-order valence-electron chi connectivity index (χ4n) is 2.10. The lowest BCUT2D eigenvalue weighted by atomic mass is 10.0. The number of oxime groups is 1. The van der Waals surface area contributed by atoms with Gasteiger partial charge in [0.15, 0.2) is 0 Å². The van der Waals surface area contributed by atoms with E-state index in [1.807, 2.05) is 0 Å². The van der Waals surface area contributed by atoms with Crippen molar-refractivity contribution < 1.29 is 5.21 Å². The molecule has 4 heteroatoms. The molecule has 82 valence electrons. The molecule has 1 rings (SSSR count). The molecule has 1 fully saturated rings. The van der Waals surface area contributed by atoms with Crippen LogP contribution in [0.3, 0.4) is 0 Å². The number of nitrogens with two attached hydrogens (primary N) is 1. The van der Waals surface area contributed by atoms with Crippen LogP contribution in [0.5, 0.6) is 0 Å². The molecule has 0 bridgehead atoms. The van der Waals surface area contributed by atoms with Gasteiger partial charge in [-0.15, -0.1) is 0 Å². The van der Waals surface area contributed by atoms with Crippen molar-refractivity contribution in [3.05, 3.63) is 0 Å². The summed E-state index contributed by atoms with van der Waals surface area (Å²) in [4.78, 5) is 2.46. The van der Waals surface area contributed by atoms with E-state index in [-0.39, 0.29) is 0 Å². The molecule has 14 heavy (non-hydrogen) atoms. The van der Waals surface area contributed by atoms with Crippen molar-refractivity contribution in [3.8, 4) is 0 Å². The average Bonchev–Trinajstić information content (AvgIpc) is 2.26. The molecule has 0 aromatic carbocycles. The molecule has 1 aliphatic heterocycles. The number of amidine groups is 1. The Balaban J connectivity index is 2.43. The molecule has 0 saturated carbocycles. The third kappa shape index (κ3) is 3.18. The summed E-state index contributed by atoms with van der Waals surface area (Å²) in [6, 6.07) is 0.450. The topological polar surface area (TPSA) is 61.9 Å². The van der Waals surface area contributed by atoms with E-state index in [1.54, 1.807) is 0 Å². The van der Waals surface area contributed by atoms with Crippen molar-refractivity contribution in [2.45, 2.75) is 45.1 Å². The molecule has 0 radical (unpaired) electrons. The maximum Gasteiger partial charge on any atom is 0.140 e. The van der Waals surface area contributed by atoms with E-state index in [4.69, 9.17) is 10.9 Å². The Morgan fingerprint density at radius 1 is 1.43 bits per heavy atom. The normalized spacial score (nSPS) is 22.2. The monoisotopic (exact) mass is 199 g/mol. The summed E-state index contributed by atoms with van der Waals surface area (Å²) in [6.07, 6.45) is 5.67. The van der Waals surface area contributed by atoms with Gasteiger partial charge in [-0.05, 0) is 32.4 Å². The minimum absolute atomic E-state index is 0.349. The van der Waals surface area contributed by atoms with E-state index in [2.05, 4.69) is 17.0 Å². The number of likely N-dealkylation sites (tertiary alicyclic amines) is 1. The maximum absolute atomic E-state index is 8.52. The predicted octanol–water partition coefficient (Wildman–Crippen LogP) is 1.39. The summed E-state index contributed by atoms with van der Waals surface area (Å²) in [5.74, 6) is 0.349. The van der Waals surface area contributed by atoms with E-state index in [9.17, 15) is 0 Å². The van der Waals surface area contributed by atoms with Gasteiger partial charge in [-0.25, -0.2) is 0 Å². The molecule has 1 unspecified atom stereocenters. The molecule has 1 aliphatic rings. The first-order valence-corrected chi connectivity index (χ1v) is 5.48. The van der Waals surface area contributed by atoms with Gasteiger partial charge in [0.1, 0.15) is 5.84 Å². The Labute approximate surface area is 85.8 Å². The van der Waals surface area contributed by atoms with Gasteiger partial charge in [0.2, 0.25) is 0 Å². The number of piperidine rings is 1. The van der Waals surface area contributed by atoms with Gasteiger partial charge < -0.3 is 10.9 Å². The van der Waals surface area contributed by atoms with Crippen molar-refractivity contribution >= 4 is 5.84 Å². The summed E-state index contributed by atoms with van der Waals surface area (Å²) < 4.78 is 0. The van der Waals surface area contributed by atoms with Crippen molar-refractivity contribution in [1.29, 1.82) is 0 Å². The molecule has 0 spiro atoms. The lowest BCUT2D eigenvalue weighted by Crippen LogP contribution is -2.41. The molecule has 3 N–H and O–H groups in total. The van der Waals surface area contributed by atoms with Crippen molar-refractivity contribution in [1.82, 2.24) is 4.90 Å². The molecule has 1 saturated heterocycles. The first-order chi connectivity index (χ1) is 6.77. The number of hydrogen-bond donors (Lipinski definition) is 2. The van der Waals surface area contributed by atoms with Crippen LogP contribution in [0.25, 0.3) is 0 Å². The molecule has 4 nitrogen and oxygen atoms in total. The highest BCUT2D eigenvalue weighted by Gasteiger charge is 2.19. The van der Waals surface area contributed by atoms with Crippen LogP contribution >= 0.6 is 0 Å². The van der Waals surface area contributed by atoms with E-state index < -0.39 is 0 Å². The van der Waals surface area contributed by atoms with E-state index in [1.165, 1.54) is 19.3 Å². The Morgan fingerprint density at radius 3 is 2.57 bits per heavy atom. The number of rotatable bonds is 4. The van der Waals surface area contributed by atoms with E-state index >= 15 is 0 Å². The summed E-state index contributed by atoms with van der Waals surface area (Å²) in [5.41, 5.74) is 5.53. The Hall–Kier alpha value is -0.770. The van der Waals surface area contributed by atoms with Gasteiger partial charge in [-0.1, -0.05) is 18.5 Å². The second-order valence-electron chi connectivity index (χ2n) is 3.95. The summed E-state index contributed by atoms with van der Waals surface area (Å²) in [5, 5.41) is 11.6. The zero-order chi connectivity index (χ0) is 10.4. The second kappa shape index (κ2) is 5.86. The van der Waals surface area contributed by atoms with Gasteiger partial charge in [0.05, 0.1) is 0 Å². The minimum Gasteiger partial charge on any atom is -0.409 e. The van der Waals surface area contributed by atoms with Gasteiger partial charge in [-0.3, -0.25) is 4.90 Å². The number of hydrogen-bond acceptors (Lipinski definition) is 3. The molecule has 1 atom stereocenters. The first kappa shape index (κ1) is 11.3. The average molecular weight is 199 g/mol. The lowest BCUT2D eigenvalue weighted by Gasteiger charge is -2.33. The molecule has 0 aromatic rings. The highest BCUT2D eigenvalue weighted by molar-refractivity contribution is 5.80. The minimum atomic E-state index is 0.349. The van der Waals surface area contributed by atoms with E-state index in [0.717, 1.165) is 19.5 Å². The largest absolute Gasteiger partial charge is 0.409 e. The van der Waals surface area contributed by atoms with Crippen LogP contribution in [0.4, 0.5) is 0 Å². The van der Waals surface area contributed by atoms with Crippen molar-refractivity contribution in [2.75, 3.05) is 13.1 Å². The highest BCUT2D eigenvalue weighted by atomic mass is 16.4. The number of nitrogens with zero attached hydrogens (tertiary/aromatic N) is 2. The SMILES string of the molecule is CCC(C/C(N)=N/O)N1CCCCC1. The summed E-state index contributed by atoms with van der Waals surface area (Å²) in [7, 11) is 0. The van der Waals surface area contributed by atoms with E-state index in [0.29, 0.717) is 18.3 Å². The Kier molecular flexibility index (Phi) is 4.73. The third-order valence-electron chi connectivity index (χ3n) is 2.95. The van der Waals surface area contributed by atoms with Crippen LogP contribution in [0.2, 0.25) is 0 Å². The fraction of sp³-hybridized carbons (Fsp3) is 0.900. The van der Waals surface area contributed by atoms with Crippen molar-refractivity contribution in [3.63, 3.8) is 0 Å². The Morgan fingerprint density at radius 2 is 2.07 bits per heavy atom. The van der Waals surface area contributed by atoms with Crippen LogP contribution in [0, 0.1) is 0 Å². The predicted molar refractivity (Wildman–Crippen MR) is 57.5 cm³/mol. The zero-order valence-electron chi connectivity index (χ0n) is 8.95. The van der Waals surface area contributed by atoms with Gasteiger partial charge in [-0.2, -0.15) is 0 Å². The molecule has 0 amide bonds. The Bertz CT molecular complexity index is 188. The lowest BCUT2D eigenvalue weighted by molar-refractivity contribution is 0.161. The van der Waals surface area contributed by atoms with Crippen LogP contribution in [-0.4, -0.2) is 35.1 Å². The molecular weight excluding hydrogens is 178 g/mol. The van der Waals surface area contributed by atoms with Crippen LogP contribution in [0.15, 0.2) is 5.16 Å². The van der Waals surface area contributed by atoms with Crippen LogP contribution < -0.4 is 5.73 Å². The summed E-state index contributed by atoms with van der Waals surface area (Å²) in [6.45, 7) is 4.48. The van der Waals surface area contributed by atoms with Gasteiger partial charge in [0.25, 0.3) is 0 Å². The quantitative estimate of drug-likeness (QED) is 0.311. The maximum atomic E-state index is 8.52. The standard InChI is InChI=1S/C10H21N3O/c1-2-9(8-10(11)12-14)13-6-4-3-5-7-13/h9,14H,2-8H2,1H3,(H2,11,12). The second-order valence-corrected chi connectivity index (χ2v) is 3.95. The third-order valence-corrected chi connectivity index (χ3v) is 2.95. The van der Waals surface area contributed by atoms with Gasteiger partial charge in [0, 0.05) is 12.5 Å². The van der Waals surface area contributed by atoms with Gasteiger partial charge >= 0.3 is 0 Å². The zero-order valence-corrected chi connectivity index (χ0v) is 8.95. The molecule has 0 aliphatic carbocycles. The van der Waals surface area contributed by atoms with Crippen LogP contribution in [-0.2, 0) is 0 Å². The molecular formula is C10H21N3O. The summed E-state index contributed by atoms with van der Waals surface area (Å²) >= 11 is 0. The van der Waals surface area contributed by atoms with Crippen LogP contribution in [0.1, 0.15) is 39.0 Å². The fourth-order valence-corrected chi connectivity index (χ4v) is 2.10. The molecule has 1 heterocycles.